The number of ether oxygens (including phenoxy) is 1. The Bertz CT molecular complexity index is 741. The molecule has 2 aromatic carbocycles. The molecule has 0 aromatic heterocycles. The standard InChI is InChI=1S/C19H22N2O3/c1-4-18(22)20-15-9-7-10-16(14(15)3)21-19(23)12-24-17-11-6-5-8-13(17)2/h5-11H,4,12H2,1-3H3,(H,20,22)(H,21,23). The van der Waals surface area contributed by atoms with E-state index in [2.05, 4.69) is 10.6 Å². The van der Waals surface area contributed by atoms with E-state index in [-0.39, 0.29) is 18.4 Å². The van der Waals surface area contributed by atoms with Gasteiger partial charge in [0.2, 0.25) is 5.91 Å². The van der Waals surface area contributed by atoms with Crippen LogP contribution in [0.25, 0.3) is 0 Å². The molecule has 5 heteroatoms. The maximum Gasteiger partial charge on any atom is 0.262 e. The van der Waals surface area contributed by atoms with Crippen molar-refractivity contribution in [3.63, 3.8) is 0 Å². The van der Waals surface area contributed by atoms with Crippen LogP contribution in [0.2, 0.25) is 0 Å². The average Bonchev–Trinajstić information content (AvgIpc) is 2.57. The minimum Gasteiger partial charge on any atom is -0.483 e. The van der Waals surface area contributed by atoms with Crippen molar-refractivity contribution in [3.05, 3.63) is 53.6 Å². The minimum atomic E-state index is -0.250. The third-order valence-corrected chi connectivity index (χ3v) is 3.66. The summed E-state index contributed by atoms with van der Waals surface area (Å²) in [5.41, 5.74) is 3.14. The summed E-state index contributed by atoms with van der Waals surface area (Å²) in [6, 6.07) is 12.9. The van der Waals surface area contributed by atoms with Gasteiger partial charge in [0, 0.05) is 17.8 Å². The molecule has 24 heavy (non-hydrogen) atoms. The molecule has 2 rings (SSSR count). The van der Waals surface area contributed by atoms with Gasteiger partial charge in [0.15, 0.2) is 6.61 Å². The van der Waals surface area contributed by atoms with Crippen molar-refractivity contribution >= 4 is 23.2 Å². The smallest absolute Gasteiger partial charge is 0.262 e. The molecule has 0 saturated carbocycles. The first-order chi connectivity index (χ1) is 11.5. The van der Waals surface area contributed by atoms with Crippen molar-refractivity contribution in [2.24, 2.45) is 0 Å². The molecule has 0 aliphatic carbocycles. The van der Waals surface area contributed by atoms with Crippen LogP contribution in [-0.2, 0) is 9.59 Å². The quantitative estimate of drug-likeness (QED) is 0.851. The Balaban J connectivity index is 2.00. The maximum absolute atomic E-state index is 12.1. The maximum atomic E-state index is 12.1. The molecular formula is C19H22N2O3. The predicted octanol–water partition coefficient (Wildman–Crippen LogP) is 3.67. The summed E-state index contributed by atoms with van der Waals surface area (Å²) in [5.74, 6) is 0.373. The number of rotatable bonds is 6. The van der Waals surface area contributed by atoms with Crippen molar-refractivity contribution in [1.82, 2.24) is 0 Å². The number of hydrogen-bond acceptors (Lipinski definition) is 3. The molecule has 0 bridgehead atoms. The molecule has 0 heterocycles. The predicted molar refractivity (Wildman–Crippen MR) is 95.4 cm³/mol. The third-order valence-electron chi connectivity index (χ3n) is 3.66. The second-order valence-corrected chi connectivity index (χ2v) is 5.48. The van der Waals surface area contributed by atoms with Crippen LogP contribution in [0, 0.1) is 13.8 Å². The van der Waals surface area contributed by atoms with Crippen LogP contribution in [-0.4, -0.2) is 18.4 Å². The van der Waals surface area contributed by atoms with E-state index < -0.39 is 0 Å². The third kappa shape index (κ3) is 4.59. The lowest BCUT2D eigenvalue weighted by atomic mass is 10.1. The lowest BCUT2D eigenvalue weighted by molar-refractivity contribution is -0.118. The van der Waals surface area contributed by atoms with E-state index in [1.165, 1.54) is 0 Å². The molecule has 0 fully saturated rings. The van der Waals surface area contributed by atoms with Crippen LogP contribution in [0.1, 0.15) is 24.5 Å². The molecule has 126 valence electrons. The Labute approximate surface area is 142 Å². The number of amides is 2. The molecule has 0 atom stereocenters. The van der Waals surface area contributed by atoms with Crippen molar-refractivity contribution in [2.75, 3.05) is 17.2 Å². The number of carbonyl (C=O) groups is 2. The first-order valence-corrected chi connectivity index (χ1v) is 7.89. The molecule has 2 N–H and O–H groups in total. The fourth-order valence-corrected chi connectivity index (χ4v) is 2.19. The van der Waals surface area contributed by atoms with Crippen LogP contribution in [0.3, 0.4) is 0 Å². The van der Waals surface area contributed by atoms with Crippen LogP contribution in [0.15, 0.2) is 42.5 Å². The highest BCUT2D eigenvalue weighted by Gasteiger charge is 2.10. The minimum absolute atomic E-state index is 0.0653. The summed E-state index contributed by atoms with van der Waals surface area (Å²) in [4.78, 5) is 23.7. The number of para-hydroxylation sites is 1. The highest BCUT2D eigenvalue weighted by atomic mass is 16.5. The summed E-state index contributed by atoms with van der Waals surface area (Å²) >= 11 is 0. The van der Waals surface area contributed by atoms with E-state index in [0.29, 0.717) is 23.5 Å². The number of hydrogen-bond donors (Lipinski definition) is 2. The van der Waals surface area contributed by atoms with Crippen molar-refractivity contribution in [1.29, 1.82) is 0 Å². The van der Waals surface area contributed by atoms with Crippen molar-refractivity contribution in [3.8, 4) is 5.75 Å². The number of anilines is 2. The molecular weight excluding hydrogens is 304 g/mol. The van der Waals surface area contributed by atoms with Gasteiger partial charge in [-0.1, -0.05) is 31.2 Å². The average molecular weight is 326 g/mol. The van der Waals surface area contributed by atoms with Gasteiger partial charge in [0.05, 0.1) is 0 Å². The van der Waals surface area contributed by atoms with Gasteiger partial charge in [-0.3, -0.25) is 9.59 Å². The number of aryl methyl sites for hydroxylation is 1. The van der Waals surface area contributed by atoms with Crippen molar-refractivity contribution < 1.29 is 14.3 Å². The van der Waals surface area contributed by atoms with E-state index in [1.807, 2.05) is 44.2 Å². The number of benzene rings is 2. The second-order valence-electron chi connectivity index (χ2n) is 5.48. The summed E-state index contributed by atoms with van der Waals surface area (Å²) in [5, 5.41) is 5.63. The summed E-state index contributed by atoms with van der Waals surface area (Å²) in [7, 11) is 0. The molecule has 2 aromatic rings. The van der Waals surface area contributed by atoms with Gasteiger partial charge >= 0.3 is 0 Å². The molecule has 0 spiro atoms. The van der Waals surface area contributed by atoms with Gasteiger partial charge < -0.3 is 15.4 Å². The zero-order valence-electron chi connectivity index (χ0n) is 14.2. The molecule has 2 amide bonds. The molecule has 5 nitrogen and oxygen atoms in total. The van der Waals surface area contributed by atoms with Crippen molar-refractivity contribution in [2.45, 2.75) is 27.2 Å². The number of carbonyl (C=O) groups excluding carboxylic acids is 2. The molecule has 0 radical (unpaired) electrons. The Morgan fingerprint density at radius 2 is 1.54 bits per heavy atom. The molecule has 0 saturated heterocycles. The fourth-order valence-electron chi connectivity index (χ4n) is 2.19. The van der Waals surface area contributed by atoms with Gasteiger partial charge in [0.1, 0.15) is 5.75 Å². The van der Waals surface area contributed by atoms with E-state index in [4.69, 9.17) is 4.74 Å². The fraction of sp³-hybridized carbons (Fsp3) is 0.263. The van der Waals surface area contributed by atoms with Crippen LogP contribution >= 0.6 is 0 Å². The molecule has 0 aliphatic heterocycles. The van der Waals surface area contributed by atoms with Crippen LogP contribution in [0.4, 0.5) is 11.4 Å². The van der Waals surface area contributed by atoms with Crippen LogP contribution < -0.4 is 15.4 Å². The Morgan fingerprint density at radius 1 is 0.917 bits per heavy atom. The Hall–Kier alpha value is -2.82. The van der Waals surface area contributed by atoms with E-state index in [0.717, 1.165) is 11.1 Å². The van der Waals surface area contributed by atoms with Gasteiger partial charge in [0.25, 0.3) is 5.91 Å². The molecule has 0 aliphatic rings. The topological polar surface area (TPSA) is 67.4 Å². The monoisotopic (exact) mass is 326 g/mol. The first-order valence-electron chi connectivity index (χ1n) is 7.89. The Morgan fingerprint density at radius 3 is 2.17 bits per heavy atom. The zero-order chi connectivity index (χ0) is 17.5. The first kappa shape index (κ1) is 17.5. The lowest BCUT2D eigenvalue weighted by Gasteiger charge is -2.14. The largest absolute Gasteiger partial charge is 0.483 e. The van der Waals surface area contributed by atoms with Gasteiger partial charge in [-0.25, -0.2) is 0 Å². The highest BCUT2D eigenvalue weighted by molar-refractivity contribution is 5.96. The highest BCUT2D eigenvalue weighted by Crippen LogP contribution is 2.23. The SMILES string of the molecule is CCC(=O)Nc1cccc(NC(=O)COc2ccccc2C)c1C. The van der Waals surface area contributed by atoms with Gasteiger partial charge in [-0.05, 0) is 43.2 Å². The lowest BCUT2D eigenvalue weighted by Crippen LogP contribution is -2.21. The van der Waals surface area contributed by atoms with E-state index >= 15 is 0 Å². The van der Waals surface area contributed by atoms with Crippen LogP contribution in [0.5, 0.6) is 5.75 Å². The summed E-state index contributed by atoms with van der Waals surface area (Å²) < 4.78 is 5.54. The summed E-state index contributed by atoms with van der Waals surface area (Å²) in [6.07, 6.45) is 0.403. The second kappa shape index (κ2) is 8.15. The van der Waals surface area contributed by atoms with E-state index in [9.17, 15) is 9.59 Å². The van der Waals surface area contributed by atoms with E-state index in [1.54, 1.807) is 19.1 Å². The normalized spacial score (nSPS) is 10.1. The Kier molecular flexibility index (Phi) is 5.95. The van der Waals surface area contributed by atoms with Gasteiger partial charge in [-0.2, -0.15) is 0 Å². The number of nitrogens with one attached hydrogen (secondary N) is 2. The van der Waals surface area contributed by atoms with Gasteiger partial charge in [-0.15, -0.1) is 0 Å². The molecule has 0 unspecified atom stereocenters. The zero-order valence-corrected chi connectivity index (χ0v) is 14.2. The summed E-state index contributed by atoms with van der Waals surface area (Å²) in [6.45, 7) is 5.50.